The topological polar surface area (TPSA) is 74.6 Å². The van der Waals surface area contributed by atoms with Gasteiger partial charge in [0.15, 0.2) is 5.76 Å². The van der Waals surface area contributed by atoms with Gasteiger partial charge in [-0.05, 0) is 55.2 Å². The van der Waals surface area contributed by atoms with Crippen LogP contribution in [0.25, 0.3) is 0 Å². The third-order valence-corrected chi connectivity index (χ3v) is 5.86. The van der Waals surface area contributed by atoms with Crippen molar-refractivity contribution in [1.29, 1.82) is 0 Å². The highest BCUT2D eigenvalue weighted by Crippen LogP contribution is 2.24. The smallest absolute Gasteiger partial charge is 0.287 e. The fraction of sp³-hybridized carbons (Fsp3) is 0.308. The van der Waals surface area contributed by atoms with Gasteiger partial charge in [0.25, 0.3) is 5.91 Å². The molecule has 2 atom stereocenters. The highest BCUT2D eigenvalue weighted by Gasteiger charge is 2.28. The molecule has 0 bridgehead atoms. The molecule has 2 N–H and O–H groups in total. The zero-order valence-corrected chi connectivity index (χ0v) is 18.6. The van der Waals surface area contributed by atoms with Crippen molar-refractivity contribution in [2.45, 2.75) is 38.3 Å². The summed E-state index contributed by atoms with van der Waals surface area (Å²) < 4.78 is 19.6. The molecule has 7 heteroatoms. The van der Waals surface area contributed by atoms with E-state index in [9.17, 15) is 14.0 Å². The predicted molar refractivity (Wildman–Crippen MR) is 125 cm³/mol. The molecule has 0 saturated carbocycles. The Hall–Kier alpha value is -3.61. The Morgan fingerprint density at radius 2 is 1.97 bits per heavy atom. The molecule has 6 nitrogen and oxygen atoms in total. The van der Waals surface area contributed by atoms with Crippen LogP contribution >= 0.6 is 0 Å². The molecule has 2 amide bonds. The van der Waals surface area contributed by atoms with Crippen LogP contribution in [0, 0.1) is 12.7 Å². The number of piperidine rings is 1. The van der Waals surface area contributed by atoms with Crippen molar-refractivity contribution in [3.05, 3.63) is 89.6 Å². The molecule has 4 rings (SSSR count). The summed E-state index contributed by atoms with van der Waals surface area (Å²) in [6, 6.07) is 16.9. The van der Waals surface area contributed by atoms with Crippen LogP contribution in [0.15, 0.2) is 71.3 Å². The van der Waals surface area contributed by atoms with E-state index in [1.54, 1.807) is 18.2 Å². The molecule has 2 aromatic carbocycles. The lowest BCUT2D eigenvalue weighted by atomic mass is 10.0. The summed E-state index contributed by atoms with van der Waals surface area (Å²) >= 11 is 0. The Kier molecular flexibility index (Phi) is 7.07. The molecule has 1 aliphatic heterocycles. The molecule has 2 heterocycles. The minimum atomic E-state index is -0.768. The summed E-state index contributed by atoms with van der Waals surface area (Å²) in [6.45, 7) is 3.17. The van der Waals surface area contributed by atoms with Crippen LogP contribution in [0.3, 0.4) is 0 Å². The molecule has 0 radical (unpaired) electrons. The van der Waals surface area contributed by atoms with Gasteiger partial charge in [-0.15, -0.1) is 0 Å². The lowest BCUT2D eigenvalue weighted by Gasteiger charge is -2.35. The van der Waals surface area contributed by atoms with Crippen molar-refractivity contribution in [2.24, 2.45) is 0 Å². The van der Waals surface area contributed by atoms with Crippen LogP contribution < -0.4 is 15.5 Å². The molecule has 0 aliphatic carbocycles. The molecule has 0 spiro atoms. The highest BCUT2D eigenvalue weighted by molar-refractivity contribution is 5.95. The van der Waals surface area contributed by atoms with E-state index in [1.807, 2.05) is 48.2 Å². The van der Waals surface area contributed by atoms with Crippen molar-refractivity contribution in [3.63, 3.8) is 0 Å². The minimum absolute atomic E-state index is 0.148. The second kappa shape index (κ2) is 10.3. The maximum atomic E-state index is 14.4. The number of rotatable bonds is 7. The quantitative estimate of drug-likeness (QED) is 0.575. The summed E-state index contributed by atoms with van der Waals surface area (Å²) in [5, 5.41) is 5.87. The van der Waals surface area contributed by atoms with Gasteiger partial charge in [0.1, 0.15) is 11.9 Å². The third kappa shape index (κ3) is 5.80. The Bertz CT molecular complexity index is 1090. The van der Waals surface area contributed by atoms with Crippen molar-refractivity contribution < 1.29 is 18.4 Å². The molecule has 1 aromatic heterocycles. The average Bonchev–Trinajstić information content (AvgIpc) is 3.36. The second-order valence-corrected chi connectivity index (χ2v) is 8.44. The number of amides is 2. The fourth-order valence-electron chi connectivity index (χ4n) is 4.18. The van der Waals surface area contributed by atoms with Gasteiger partial charge in [-0.2, -0.15) is 0 Å². The maximum absolute atomic E-state index is 14.4. The molecule has 33 heavy (non-hydrogen) atoms. The number of nitrogens with zero attached hydrogens (tertiary/aromatic N) is 1. The molecule has 2 unspecified atom stereocenters. The third-order valence-electron chi connectivity index (χ3n) is 5.86. The normalized spacial score (nSPS) is 16.8. The number of nitrogens with one attached hydrogen (secondary N) is 2. The zero-order valence-electron chi connectivity index (χ0n) is 18.6. The van der Waals surface area contributed by atoms with Crippen molar-refractivity contribution in [3.8, 4) is 0 Å². The molecular weight excluding hydrogens is 421 g/mol. The summed E-state index contributed by atoms with van der Waals surface area (Å²) in [4.78, 5) is 27.8. The predicted octanol–water partition coefficient (Wildman–Crippen LogP) is 3.85. The second-order valence-electron chi connectivity index (χ2n) is 8.44. The van der Waals surface area contributed by atoms with E-state index in [1.165, 1.54) is 12.3 Å². The van der Waals surface area contributed by atoms with Gasteiger partial charge in [-0.3, -0.25) is 9.59 Å². The lowest BCUT2D eigenvalue weighted by molar-refractivity contribution is -0.123. The van der Waals surface area contributed by atoms with E-state index < -0.39 is 11.9 Å². The van der Waals surface area contributed by atoms with E-state index in [2.05, 4.69) is 10.6 Å². The van der Waals surface area contributed by atoms with Crippen LogP contribution in [0.2, 0.25) is 0 Å². The van der Waals surface area contributed by atoms with E-state index in [0.29, 0.717) is 18.7 Å². The van der Waals surface area contributed by atoms with E-state index in [4.69, 9.17) is 4.42 Å². The van der Waals surface area contributed by atoms with E-state index in [-0.39, 0.29) is 23.5 Å². The van der Waals surface area contributed by atoms with Crippen LogP contribution in [-0.2, 0) is 11.2 Å². The molecule has 1 fully saturated rings. The van der Waals surface area contributed by atoms with Gasteiger partial charge >= 0.3 is 0 Å². The lowest BCUT2D eigenvalue weighted by Crippen LogP contribution is -2.54. The van der Waals surface area contributed by atoms with Crippen molar-refractivity contribution in [1.82, 2.24) is 10.6 Å². The first kappa shape index (κ1) is 22.6. The summed E-state index contributed by atoms with van der Waals surface area (Å²) in [7, 11) is 0. The summed E-state index contributed by atoms with van der Waals surface area (Å²) in [5.74, 6) is -0.821. The Morgan fingerprint density at radius 1 is 1.15 bits per heavy atom. The van der Waals surface area contributed by atoms with Gasteiger partial charge in [-0.1, -0.05) is 36.4 Å². The highest BCUT2D eigenvalue weighted by atomic mass is 19.1. The van der Waals surface area contributed by atoms with Crippen LogP contribution in [0.1, 0.15) is 34.5 Å². The van der Waals surface area contributed by atoms with E-state index in [0.717, 1.165) is 30.5 Å². The first-order chi connectivity index (χ1) is 16.0. The SMILES string of the molecule is Cc1ccc(F)c(N2CCCC(NC(=O)C(Cc3ccccc3)NC(=O)c3ccco3)C2)c1. The van der Waals surface area contributed by atoms with Crippen LogP contribution in [0.5, 0.6) is 0 Å². The summed E-state index contributed by atoms with van der Waals surface area (Å²) in [6.07, 6.45) is 3.39. The number of benzene rings is 2. The summed E-state index contributed by atoms with van der Waals surface area (Å²) in [5.41, 5.74) is 2.48. The number of carbonyl (C=O) groups excluding carboxylic acids is 2. The fourth-order valence-corrected chi connectivity index (χ4v) is 4.18. The van der Waals surface area contributed by atoms with Gasteiger partial charge in [0, 0.05) is 25.6 Å². The number of carbonyl (C=O) groups is 2. The standard InChI is InChI=1S/C26H28FN3O3/c1-18-11-12-21(27)23(15-18)30-13-5-9-20(17-30)28-25(31)22(16-19-7-3-2-4-8-19)29-26(32)24-10-6-14-33-24/h2-4,6-8,10-12,14-15,20,22H,5,9,13,16-17H2,1H3,(H,28,31)(H,29,32). The number of anilines is 1. The Morgan fingerprint density at radius 3 is 2.73 bits per heavy atom. The van der Waals surface area contributed by atoms with E-state index >= 15 is 0 Å². The monoisotopic (exact) mass is 449 g/mol. The number of hydrogen-bond acceptors (Lipinski definition) is 4. The van der Waals surface area contributed by atoms with Crippen molar-refractivity contribution >= 4 is 17.5 Å². The number of furan rings is 1. The first-order valence-corrected chi connectivity index (χ1v) is 11.2. The van der Waals surface area contributed by atoms with Crippen molar-refractivity contribution in [2.75, 3.05) is 18.0 Å². The number of hydrogen-bond donors (Lipinski definition) is 2. The first-order valence-electron chi connectivity index (χ1n) is 11.2. The molecule has 3 aromatic rings. The Balaban J connectivity index is 1.46. The number of halogens is 1. The molecule has 172 valence electrons. The number of aryl methyl sites for hydroxylation is 1. The minimum Gasteiger partial charge on any atom is -0.459 e. The molecule has 1 saturated heterocycles. The average molecular weight is 450 g/mol. The Labute approximate surface area is 192 Å². The zero-order chi connectivity index (χ0) is 23.2. The maximum Gasteiger partial charge on any atom is 0.287 e. The molecular formula is C26H28FN3O3. The van der Waals surface area contributed by atoms with Gasteiger partial charge < -0.3 is 20.0 Å². The van der Waals surface area contributed by atoms with Crippen LogP contribution in [0.4, 0.5) is 10.1 Å². The molecule has 1 aliphatic rings. The van der Waals surface area contributed by atoms with Crippen LogP contribution in [-0.4, -0.2) is 37.0 Å². The van der Waals surface area contributed by atoms with Gasteiger partial charge in [-0.25, -0.2) is 4.39 Å². The largest absolute Gasteiger partial charge is 0.459 e. The van der Waals surface area contributed by atoms with Gasteiger partial charge in [0.05, 0.1) is 12.0 Å². The van der Waals surface area contributed by atoms with Gasteiger partial charge in [0.2, 0.25) is 5.91 Å².